The lowest BCUT2D eigenvalue weighted by Crippen LogP contribution is -2.49. The number of para-hydroxylation sites is 1. The third-order valence-electron chi connectivity index (χ3n) is 5.51. The number of piperazine rings is 1. The summed E-state index contributed by atoms with van der Waals surface area (Å²) in [4.78, 5) is 12.0. The lowest BCUT2D eigenvalue weighted by Gasteiger charge is -2.36. The van der Waals surface area contributed by atoms with E-state index >= 15 is 0 Å². The molecule has 9 heteroatoms. The molecule has 7 nitrogen and oxygen atoms in total. The van der Waals surface area contributed by atoms with Gasteiger partial charge in [0.05, 0.1) is 28.4 Å². The molecule has 3 aromatic rings. The maximum atomic E-state index is 13.0. The standard InChI is InChI=1S/C22H25BrN4O3S/c1-3-30-22-19-6-4-5-7-20(19)24-21(25-22)16(2)26-12-14-27(15-13-26)31(28,29)18-10-8-17(23)9-11-18/h4-11,16H,3,12-15H2,1-2H3. The van der Waals surface area contributed by atoms with E-state index in [1.165, 1.54) is 0 Å². The van der Waals surface area contributed by atoms with Gasteiger partial charge in [-0.25, -0.2) is 13.4 Å². The number of sulfonamides is 1. The van der Waals surface area contributed by atoms with Gasteiger partial charge in [0, 0.05) is 30.7 Å². The van der Waals surface area contributed by atoms with E-state index in [-0.39, 0.29) is 6.04 Å². The highest BCUT2D eigenvalue weighted by Crippen LogP contribution is 2.28. The van der Waals surface area contributed by atoms with E-state index in [1.807, 2.05) is 31.2 Å². The van der Waals surface area contributed by atoms with Gasteiger partial charge in [0.25, 0.3) is 0 Å². The fraction of sp³-hybridized carbons (Fsp3) is 0.364. The Morgan fingerprint density at radius 2 is 1.71 bits per heavy atom. The smallest absolute Gasteiger partial charge is 0.243 e. The highest BCUT2D eigenvalue weighted by atomic mass is 79.9. The molecule has 1 atom stereocenters. The van der Waals surface area contributed by atoms with Gasteiger partial charge in [0.15, 0.2) is 0 Å². The van der Waals surface area contributed by atoms with Crippen LogP contribution in [0.15, 0.2) is 57.9 Å². The van der Waals surface area contributed by atoms with Gasteiger partial charge in [0.2, 0.25) is 15.9 Å². The Balaban J connectivity index is 1.50. The monoisotopic (exact) mass is 504 g/mol. The molecule has 1 saturated heterocycles. The van der Waals surface area contributed by atoms with Crippen LogP contribution in [0.1, 0.15) is 25.7 Å². The van der Waals surface area contributed by atoms with E-state index < -0.39 is 10.0 Å². The summed E-state index contributed by atoms with van der Waals surface area (Å²) in [6.07, 6.45) is 0. The normalized spacial score (nSPS) is 17.0. The van der Waals surface area contributed by atoms with Crippen molar-refractivity contribution in [3.05, 3.63) is 58.8 Å². The Morgan fingerprint density at radius 3 is 2.39 bits per heavy atom. The molecular formula is C22H25BrN4O3S. The summed E-state index contributed by atoms with van der Waals surface area (Å²) in [5.41, 5.74) is 0.847. The van der Waals surface area contributed by atoms with Gasteiger partial charge in [-0.05, 0) is 50.2 Å². The zero-order chi connectivity index (χ0) is 22.0. The summed E-state index contributed by atoms with van der Waals surface area (Å²) in [6, 6.07) is 14.5. The van der Waals surface area contributed by atoms with Gasteiger partial charge in [-0.3, -0.25) is 4.90 Å². The maximum absolute atomic E-state index is 13.0. The third-order valence-corrected chi connectivity index (χ3v) is 7.95. The molecule has 1 aromatic heterocycles. The first-order chi connectivity index (χ1) is 14.9. The van der Waals surface area contributed by atoms with Crippen LogP contribution in [0.3, 0.4) is 0 Å². The topological polar surface area (TPSA) is 75.6 Å². The predicted octanol–water partition coefficient (Wildman–Crippen LogP) is 3.86. The van der Waals surface area contributed by atoms with Crippen LogP contribution in [0.5, 0.6) is 5.88 Å². The number of halogens is 1. The second kappa shape index (κ2) is 9.20. The van der Waals surface area contributed by atoms with Crippen molar-refractivity contribution in [2.24, 2.45) is 0 Å². The third kappa shape index (κ3) is 4.59. The van der Waals surface area contributed by atoms with Crippen LogP contribution in [0.2, 0.25) is 0 Å². The predicted molar refractivity (Wildman–Crippen MR) is 124 cm³/mol. The molecule has 1 aliphatic rings. The molecule has 31 heavy (non-hydrogen) atoms. The second-order valence-corrected chi connectivity index (χ2v) is 10.3. The minimum absolute atomic E-state index is 0.0543. The molecule has 2 aromatic carbocycles. The molecule has 0 amide bonds. The van der Waals surface area contributed by atoms with E-state index in [0.29, 0.717) is 49.4 Å². The number of rotatable bonds is 6. The Hall–Kier alpha value is -2.07. The first kappa shape index (κ1) is 22.1. The first-order valence-electron chi connectivity index (χ1n) is 10.3. The SMILES string of the molecule is CCOc1nc(C(C)N2CCN(S(=O)(=O)c3ccc(Br)cc3)CC2)nc2ccccc12. The highest BCUT2D eigenvalue weighted by Gasteiger charge is 2.31. The lowest BCUT2D eigenvalue weighted by atomic mass is 10.2. The zero-order valence-electron chi connectivity index (χ0n) is 17.5. The van der Waals surface area contributed by atoms with Crippen molar-refractivity contribution in [3.63, 3.8) is 0 Å². The maximum Gasteiger partial charge on any atom is 0.243 e. The quantitative estimate of drug-likeness (QED) is 0.507. The molecule has 0 radical (unpaired) electrons. The summed E-state index contributed by atoms with van der Waals surface area (Å²) >= 11 is 3.35. The summed E-state index contributed by atoms with van der Waals surface area (Å²) in [6.45, 7) is 6.59. The van der Waals surface area contributed by atoms with Crippen molar-refractivity contribution in [1.29, 1.82) is 0 Å². The number of ether oxygens (including phenoxy) is 1. The summed E-state index contributed by atoms with van der Waals surface area (Å²) in [7, 11) is -3.50. The molecule has 0 spiro atoms. The van der Waals surface area contributed by atoms with Crippen molar-refractivity contribution in [1.82, 2.24) is 19.2 Å². The van der Waals surface area contributed by atoms with E-state index in [9.17, 15) is 8.42 Å². The van der Waals surface area contributed by atoms with Crippen LogP contribution in [-0.4, -0.2) is 60.4 Å². The fourth-order valence-corrected chi connectivity index (χ4v) is 5.43. The number of hydrogen-bond donors (Lipinski definition) is 0. The van der Waals surface area contributed by atoms with Crippen LogP contribution in [0.25, 0.3) is 10.9 Å². The van der Waals surface area contributed by atoms with Gasteiger partial charge in [0.1, 0.15) is 5.82 Å². The van der Waals surface area contributed by atoms with E-state index in [1.54, 1.807) is 28.6 Å². The number of hydrogen-bond acceptors (Lipinski definition) is 6. The van der Waals surface area contributed by atoms with Crippen LogP contribution >= 0.6 is 15.9 Å². The number of fused-ring (bicyclic) bond motifs is 1. The van der Waals surface area contributed by atoms with E-state index in [4.69, 9.17) is 9.72 Å². The second-order valence-electron chi connectivity index (χ2n) is 7.41. The fourth-order valence-electron chi connectivity index (χ4n) is 3.75. The molecule has 164 valence electrons. The van der Waals surface area contributed by atoms with E-state index in [2.05, 4.69) is 32.7 Å². The summed E-state index contributed by atoms with van der Waals surface area (Å²) in [5.74, 6) is 1.28. The lowest BCUT2D eigenvalue weighted by molar-refractivity contribution is 0.140. The molecule has 1 unspecified atom stereocenters. The number of benzene rings is 2. The van der Waals surface area contributed by atoms with Gasteiger partial charge in [-0.15, -0.1) is 0 Å². The molecule has 0 aliphatic carbocycles. The Bertz CT molecular complexity index is 1160. The molecule has 0 bridgehead atoms. The van der Waals surface area contributed by atoms with Crippen molar-refractivity contribution in [3.8, 4) is 5.88 Å². The van der Waals surface area contributed by atoms with Crippen LogP contribution in [0.4, 0.5) is 0 Å². The molecular weight excluding hydrogens is 480 g/mol. The van der Waals surface area contributed by atoms with Gasteiger partial charge >= 0.3 is 0 Å². The Morgan fingerprint density at radius 1 is 1.03 bits per heavy atom. The highest BCUT2D eigenvalue weighted by molar-refractivity contribution is 9.10. The average molecular weight is 505 g/mol. The average Bonchev–Trinajstić information content (AvgIpc) is 2.79. The summed E-state index contributed by atoms with van der Waals surface area (Å²) < 4.78 is 34.1. The minimum Gasteiger partial charge on any atom is -0.477 e. The molecule has 1 aliphatic heterocycles. The van der Waals surface area contributed by atoms with Crippen LogP contribution in [-0.2, 0) is 10.0 Å². The Kier molecular flexibility index (Phi) is 6.57. The Labute approximate surface area is 191 Å². The number of nitrogens with zero attached hydrogens (tertiary/aromatic N) is 4. The summed E-state index contributed by atoms with van der Waals surface area (Å²) in [5, 5.41) is 0.894. The van der Waals surface area contributed by atoms with Crippen LogP contribution < -0.4 is 4.74 Å². The van der Waals surface area contributed by atoms with E-state index in [0.717, 1.165) is 15.4 Å². The molecule has 4 rings (SSSR count). The van der Waals surface area contributed by atoms with Gasteiger partial charge in [-0.1, -0.05) is 28.1 Å². The molecule has 0 saturated carbocycles. The minimum atomic E-state index is -3.50. The molecule has 2 heterocycles. The molecule has 0 N–H and O–H groups in total. The first-order valence-corrected chi connectivity index (χ1v) is 12.5. The van der Waals surface area contributed by atoms with Crippen molar-refractivity contribution >= 4 is 36.9 Å². The van der Waals surface area contributed by atoms with Gasteiger partial charge in [-0.2, -0.15) is 9.29 Å². The van der Waals surface area contributed by atoms with Gasteiger partial charge < -0.3 is 4.74 Å². The largest absolute Gasteiger partial charge is 0.477 e. The van der Waals surface area contributed by atoms with Crippen molar-refractivity contribution in [2.45, 2.75) is 24.8 Å². The van der Waals surface area contributed by atoms with Crippen molar-refractivity contribution in [2.75, 3.05) is 32.8 Å². The molecule has 1 fully saturated rings. The number of aromatic nitrogens is 2. The zero-order valence-corrected chi connectivity index (χ0v) is 19.9. The van der Waals surface area contributed by atoms with Crippen LogP contribution in [0, 0.1) is 0 Å². The van der Waals surface area contributed by atoms with Crippen molar-refractivity contribution < 1.29 is 13.2 Å².